The van der Waals surface area contributed by atoms with Gasteiger partial charge in [-0.1, -0.05) is 0 Å². The van der Waals surface area contributed by atoms with E-state index in [0.29, 0.717) is 0 Å². The van der Waals surface area contributed by atoms with Crippen LogP contribution in [0.15, 0.2) is 6.07 Å². The van der Waals surface area contributed by atoms with Crippen molar-refractivity contribution in [3.8, 4) is 6.07 Å². The standard InChI is InChI=1S/C11H7F5N2O2/c1-2-20-10(19)7-6(11(14,15)16)3-5(4-17)18-8(7)9(12)13/h3,9H,2H2,1H3. The van der Waals surface area contributed by atoms with Crippen molar-refractivity contribution in [2.24, 2.45) is 0 Å². The molecule has 0 saturated carbocycles. The highest BCUT2D eigenvalue weighted by Gasteiger charge is 2.40. The van der Waals surface area contributed by atoms with E-state index in [2.05, 4.69) is 9.72 Å². The summed E-state index contributed by atoms with van der Waals surface area (Å²) in [6.07, 6.45) is -8.55. The molecule has 0 atom stereocenters. The molecule has 0 unspecified atom stereocenters. The third kappa shape index (κ3) is 3.20. The maximum Gasteiger partial charge on any atom is 0.417 e. The first-order valence-corrected chi connectivity index (χ1v) is 5.19. The zero-order chi connectivity index (χ0) is 15.5. The van der Waals surface area contributed by atoms with E-state index in [9.17, 15) is 26.7 Å². The Kier molecular flexibility index (Phi) is 4.60. The van der Waals surface area contributed by atoms with Gasteiger partial charge in [-0.05, 0) is 13.0 Å². The molecule has 1 aromatic rings. The van der Waals surface area contributed by atoms with Crippen LogP contribution < -0.4 is 0 Å². The Balaban J connectivity index is 3.66. The van der Waals surface area contributed by atoms with Gasteiger partial charge in [0.2, 0.25) is 0 Å². The number of aromatic nitrogens is 1. The molecule has 20 heavy (non-hydrogen) atoms. The van der Waals surface area contributed by atoms with E-state index in [1.807, 2.05) is 0 Å². The van der Waals surface area contributed by atoms with Crippen LogP contribution in [0.1, 0.15) is 40.7 Å². The minimum atomic E-state index is -5.10. The SMILES string of the molecule is CCOC(=O)c1c(C(F)(F)F)cc(C#N)nc1C(F)F. The molecular weight excluding hydrogens is 287 g/mol. The fourth-order valence-electron chi connectivity index (χ4n) is 1.42. The summed E-state index contributed by atoms with van der Waals surface area (Å²) < 4.78 is 68.3. The van der Waals surface area contributed by atoms with Crippen molar-refractivity contribution >= 4 is 5.97 Å². The molecule has 0 amide bonds. The van der Waals surface area contributed by atoms with Gasteiger partial charge in [-0.3, -0.25) is 0 Å². The van der Waals surface area contributed by atoms with Gasteiger partial charge in [-0.15, -0.1) is 0 Å². The number of rotatable bonds is 3. The molecule has 0 aliphatic rings. The van der Waals surface area contributed by atoms with E-state index in [0.717, 1.165) is 0 Å². The summed E-state index contributed by atoms with van der Waals surface area (Å²) >= 11 is 0. The van der Waals surface area contributed by atoms with Gasteiger partial charge in [0.05, 0.1) is 17.7 Å². The molecule has 0 aliphatic carbocycles. The molecule has 1 aromatic heterocycles. The number of halogens is 5. The average Bonchev–Trinajstić information content (AvgIpc) is 2.36. The molecule has 0 saturated heterocycles. The number of ether oxygens (including phenoxy) is 1. The average molecular weight is 294 g/mol. The smallest absolute Gasteiger partial charge is 0.417 e. The molecule has 4 nitrogen and oxygen atoms in total. The highest BCUT2D eigenvalue weighted by Crippen LogP contribution is 2.36. The Hall–Kier alpha value is -2.24. The fraction of sp³-hybridized carbons (Fsp3) is 0.364. The van der Waals surface area contributed by atoms with Crippen molar-refractivity contribution < 1.29 is 31.5 Å². The lowest BCUT2D eigenvalue weighted by molar-refractivity contribution is -0.138. The molecule has 0 bridgehead atoms. The second-order valence-corrected chi connectivity index (χ2v) is 3.45. The third-order valence-corrected chi connectivity index (χ3v) is 2.15. The predicted octanol–water partition coefficient (Wildman–Crippen LogP) is 3.09. The van der Waals surface area contributed by atoms with Gasteiger partial charge in [-0.25, -0.2) is 18.6 Å². The van der Waals surface area contributed by atoms with Crippen LogP contribution in [-0.4, -0.2) is 17.6 Å². The van der Waals surface area contributed by atoms with E-state index in [1.165, 1.54) is 13.0 Å². The molecule has 108 valence electrons. The molecule has 0 radical (unpaired) electrons. The van der Waals surface area contributed by atoms with Gasteiger partial charge in [-0.2, -0.15) is 18.4 Å². The van der Waals surface area contributed by atoms with E-state index in [1.54, 1.807) is 0 Å². The van der Waals surface area contributed by atoms with Crippen LogP contribution >= 0.6 is 0 Å². The predicted molar refractivity (Wildman–Crippen MR) is 54.9 cm³/mol. The van der Waals surface area contributed by atoms with Gasteiger partial charge in [0.25, 0.3) is 6.43 Å². The minimum Gasteiger partial charge on any atom is -0.462 e. The number of nitrogens with zero attached hydrogens (tertiary/aromatic N) is 2. The summed E-state index contributed by atoms with van der Waals surface area (Å²) in [5.41, 5.74) is -5.32. The molecule has 9 heteroatoms. The number of nitriles is 1. The largest absolute Gasteiger partial charge is 0.462 e. The summed E-state index contributed by atoms with van der Waals surface area (Å²) in [5, 5.41) is 8.53. The molecule has 0 N–H and O–H groups in total. The normalized spacial score (nSPS) is 11.3. The first-order valence-electron chi connectivity index (χ1n) is 5.19. The maximum absolute atomic E-state index is 12.8. The second kappa shape index (κ2) is 5.81. The summed E-state index contributed by atoms with van der Waals surface area (Å²) in [7, 11) is 0. The zero-order valence-electron chi connectivity index (χ0n) is 9.96. The van der Waals surface area contributed by atoms with E-state index >= 15 is 0 Å². The zero-order valence-corrected chi connectivity index (χ0v) is 9.96. The molecule has 0 fully saturated rings. The summed E-state index contributed by atoms with van der Waals surface area (Å²) in [4.78, 5) is 14.5. The molecule has 0 aliphatic heterocycles. The van der Waals surface area contributed by atoms with Gasteiger partial charge in [0.15, 0.2) is 0 Å². The fourth-order valence-corrected chi connectivity index (χ4v) is 1.42. The van der Waals surface area contributed by atoms with Crippen LogP contribution in [0.4, 0.5) is 22.0 Å². The van der Waals surface area contributed by atoms with Crippen molar-refractivity contribution in [2.45, 2.75) is 19.5 Å². The Morgan fingerprint density at radius 1 is 1.50 bits per heavy atom. The summed E-state index contributed by atoms with van der Waals surface area (Å²) in [5.74, 6) is -1.56. The van der Waals surface area contributed by atoms with Crippen LogP contribution in [0, 0.1) is 11.3 Å². The third-order valence-electron chi connectivity index (χ3n) is 2.15. The second-order valence-electron chi connectivity index (χ2n) is 3.45. The van der Waals surface area contributed by atoms with Crippen molar-refractivity contribution in [2.75, 3.05) is 6.61 Å². The van der Waals surface area contributed by atoms with Crippen molar-refractivity contribution in [3.05, 3.63) is 28.6 Å². The van der Waals surface area contributed by atoms with Crippen LogP contribution in [0.3, 0.4) is 0 Å². The molecule has 1 rings (SSSR count). The van der Waals surface area contributed by atoms with Crippen molar-refractivity contribution in [3.63, 3.8) is 0 Å². The van der Waals surface area contributed by atoms with E-state index < -0.39 is 41.1 Å². The summed E-state index contributed by atoms with van der Waals surface area (Å²) in [6.45, 7) is 1.02. The highest BCUT2D eigenvalue weighted by molar-refractivity contribution is 5.92. The molecule has 0 spiro atoms. The Labute approximate surface area is 109 Å². The lowest BCUT2D eigenvalue weighted by Gasteiger charge is -2.15. The quantitative estimate of drug-likeness (QED) is 0.635. The minimum absolute atomic E-state index is 0.234. The molecule has 0 aromatic carbocycles. The first-order chi connectivity index (χ1) is 9.22. The van der Waals surface area contributed by atoms with Gasteiger partial charge < -0.3 is 4.74 Å². The highest BCUT2D eigenvalue weighted by atomic mass is 19.4. The number of carbonyl (C=O) groups excluding carboxylic acids is 1. The molecular formula is C11H7F5N2O2. The van der Waals surface area contributed by atoms with E-state index in [-0.39, 0.29) is 12.7 Å². The number of carbonyl (C=O) groups is 1. The Bertz CT molecular complexity index is 563. The summed E-state index contributed by atoms with van der Waals surface area (Å²) in [6, 6.07) is 1.47. The number of alkyl halides is 5. The van der Waals surface area contributed by atoms with Gasteiger partial charge in [0.1, 0.15) is 17.5 Å². The number of hydrogen-bond donors (Lipinski definition) is 0. The topological polar surface area (TPSA) is 63.0 Å². The van der Waals surface area contributed by atoms with Crippen LogP contribution in [-0.2, 0) is 10.9 Å². The number of hydrogen-bond acceptors (Lipinski definition) is 4. The van der Waals surface area contributed by atoms with E-state index in [4.69, 9.17) is 5.26 Å². The number of pyridine rings is 1. The first kappa shape index (κ1) is 15.8. The van der Waals surface area contributed by atoms with Gasteiger partial charge in [0, 0.05) is 0 Å². The molecule has 1 heterocycles. The Morgan fingerprint density at radius 3 is 2.50 bits per heavy atom. The van der Waals surface area contributed by atoms with Crippen molar-refractivity contribution in [1.29, 1.82) is 5.26 Å². The van der Waals surface area contributed by atoms with Gasteiger partial charge >= 0.3 is 12.1 Å². The van der Waals surface area contributed by atoms with Crippen LogP contribution in [0.2, 0.25) is 0 Å². The maximum atomic E-state index is 12.8. The lowest BCUT2D eigenvalue weighted by Crippen LogP contribution is -2.20. The Morgan fingerprint density at radius 2 is 2.10 bits per heavy atom. The van der Waals surface area contributed by atoms with Crippen molar-refractivity contribution in [1.82, 2.24) is 4.98 Å². The lowest BCUT2D eigenvalue weighted by atomic mass is 10.0. The monoisotopic (exact) mass is 294 g/mol. The number of esters is 1. The van der Waals surface area contributed by atoms with Crippen LogP contribution in [0.25, 0.3) is 0 Å². The van der Waals surface area contributed by atoms with Crippen LogP contribution in [0.5, 0.6) is 0 Å².